The maximum Gasteiger partial charge on any atom is 0.224 e. The van der Waals surface area contributed by atoms with Gasteiger partial charge in [-0.1, -0.05) is 26.0 Å². The van der Waals surface area contributed by atoms with E-state index in [0.717, 1.165) is 17.7 Å². The summed E-state index contributed by atoms with van der Waals surface area (Å²) in [5, 5.41) is 3.01. The normalized spacial score (nSPS) is 13.1. The van der Waals surface area contributed by atoms with Crippen LogP contribution in [0.15, 0.2) is 24.3 Å². The van der Waals surface area contributed by atoms with E-state index in [9.17, 15) is 4.79 Å². The van der Waals surface area contributed by atoms with Crippen LogP contribution in [0.5, 0.6) is 5.75 Å². The van der Waals surface area contributed by atoms with Crippen molar-refractivity contribution in [3.8, 4) is 5.75 Å². The van der Waals surface area contributed by atoms with Crippen molar-refractivity contribution >= 4 is 18.3 Å². The van der Waals surface area contributed by atoms with Crippen LogP contribution < -0.4 is 15.8 Å². The first kappa shape index (κ1) is 17.7. The molecule has 0 heterocycles. The van der Waals surface area contributed by atoms with Crippen LogP contribution in [-0.2, 0) is 4.79 Å². The topological polar surface area (TPSA) is 64.4 Å². The summed E-state index contributed by atoms with van der Waals surface area (Å²) in [7, 11) is 1.64. The average Bonchev–Trinajstić information content (AvgIpc) is 2.43. The maximum atomic E-state index is 11.8. The number of benzene rings is 1. The lowest BCUT2D eigenvalue weighted by molar-refractivity contribution is -0.125. The molecule has 0 radical (unpaired) electrons. The zero-order valence-electron chi connectivity index (χ0n) is 11.7. The molecule has 108 valence electrons. The van der Waals surface area contributed by atoms with Crippen LogP contribution in [0.25, 0.3) is 0 Å². The zero-order valence-corrected chi connectivity index (χ0v) is 12.5. The Balaban J connectivity index is 0.00000324. The van der Waals surface area contributed by atoms with Gasteiger partial charge in [-0.15, -0.1) is 12.4 Å². The third kappa shape index (κ3) is 5.09. The zero-order chi connectivity index (χ0) is 13.5. The third-order valence-corrected chi connectivity index (χ3v) is 3.04. The van der Waals surface area contributed by atoms with Gasteiger partial charge in [0.15, 0.2) is 0 Å². The molecule has 19 heavy (non-hydrogen) atoms. The fourth-order valence-electron chi connectivity index (χ4n) is 1.68. The van der Waals surface area contributed by atoms with Gasteiger partial charge in [-0.05, 0) is 24.1 Å². The Bertz CT molecular complexity index is 382. The number of nitrogens with one attached hydrogen (secondary N) is 1. The number of rotatable bonds is 6. The van der Waals surface area contributed by atoms with Crippen LogP contribution in [0.2, 0.25) is 0 Å². The van der Waals surface area contributed by atoms with Gasteiger partial charge in [0.2, 0.25) is 5.91 Å². The van der Waals surface area contributed by atoms with Crippen molar-refractivity contribution in [1.29, 1.82) is 0 Å². The molecule has 0 saturated heterocycles. The first-order valence-corrected chi connectivity index (χ1v) is 6.26. The van der Waals surface area contributed by atoms with Crippen LogP contribution in [0, 0.1) is 5.92 Å². The summed E-state index contributed by atoms with van der Waals surface area (Å²) in [5.74, 6) is 0.660. The first-order chi connectivity index (χ1) is 8.62. The van der Waals surface area contributed by atoms with Gasteiger partial charge < -0.3 is 15.8 Å². The van der Waals surface area contributed by atoms with E-state index in [2.05, 4.69) is 5.32 Å². The van der Waals surface area contributed by atoms with Gasteiger partial charge in [-0.3, -0.25) is 4.79 Å². The lowest BCUT2D eigenvalue weighted by atomic mass is 10.0. The summed E-state index contributed by atoms with van der Waals surface area (Å²) in [6.45, 7) is 4.24. The molecule has 0 fully saturated rings. The first-order valence-electron chi connectivity index (χ1n) is 6.26. The summed E-state index contributed by atoms with van der Waals surface area (Å²) >= 11 is 0. The predicted octanol–water partition coefficient (Wildman–Crippen LogP) is 2.28. The average molecular weight is 287 g/mol. The molecule has 1 amide bonds. The number of nitrogens with two attached hydrogens (primary N) is 1. The van der Waals surface area contributed by atoms with Crippen LogP contribution in [0.4, 0.5) is 0 Å². The molecule has 0 spiro atoms. The van der Waals surface area contributed by atoms with E-state index in [4.69, 9.17) is 10.5 Å². The van der Waals surface area contributed by atoms with Crippen LogP contribution in [0.1, 0.15) is 31.9 Å². The Labute approximate surface area is 121 Å². The van der Waals surface area contributed by atoms with Gasteiger partial charge in [-0.25, -0.2) is 0 Å². The van der Waals surface area contributed by atoms with Gasteiger partial charge in [-0.2, -0.15) is 0 Å². The Morgan fingerprint density at radius 3 is 2.37 bits per heavy atom. The van der Waals surface area contributed by atoms with Crippen LogP contribution >= 0.6 is 12.4 Å². The van der Waals surface area contributed by atoms with Gasteiger partial charge in [0.05, 0.1) is 13.2 Å². The molecule has 0 aromatic heterocycles. The molecule has 3 N–H and O–H groups in total. The van der Waals surface area contributed by atoms with Crippen molar-refractivity contribution in [2.75, 3.05) is 13.7 Å². The molecule has 1 aromatic rings. The molecule has 0 aliphatic rings. The van der Waals surface area contributed by atoms with Crippen LogP contribution in [-0.4, -0.2) is 19.6 Å². The van der Waals surface area contributed by atoms with E-state index in [1.807, 2.05) is 38.1 Å². The quantitative estimate of drug-likeness (QED) is 0.843. The van der Waals surface area contributed by atoms with E-state index in [-0.39, 0.29) is 30.3 Å². The number of carbonyl (C=O) groups excluding carboxylic acids is 1. The molecule has 0 aliphatic heterocycles. The minimum absolute atomic E-state index is 0. The molecule has 2 atom stereocenters. The van der Waals surface area contributed by atoms with E-state index < -0.39 is 0 Å². The molecular weight excluding hydrogens is 264 g/mol. The molecule has 1 rings (SSSR count). The summed E-state index contributed by atoms with van der Waals surface area (Å²) in [4.78, 5) is 11.8. The summed E-state index contributed by atoms with van der Waals surface area (Å²) in [5.41, 5.74) is 6.57. The third-order valence-electron chi connectivity index (χ3n) is 3.04. The van der Waals surface area contributed by atoms with Crippen molar-refractivity contribution in [3.63, 3.8) is 0 Å². The molecule has 0 aliphatic carbocycles. The van der Waals surface area contributed by atoms with Crippen molar-refractivity contribution < 1.29 is 9.53 Å². The lowest BCUT2D eigenvalue weighted by Crippen LogP contribution is -2.35. The van der Waals surface area contributed by atoms with Gasteiger partial charge >= 0.3 is 0 Å². The standard InChI is InChI=1S/C14H22N2O2.ClH/c1-4-13(16-14(17)10(2)9-15)11-5-7-12(18-3)8-6-11;/h5-8,10,13H,4,9,15H2,1-3H3,(H,16,17);1H. The molecule has 5 heteroatoms. The van der Waals surface area contributed by atoms with E-state index in [1.165, 1.54) is 0 Å². The lowest BCUT2D eigenvalue weighted by Gasteiger charge is -2.20. The molecular formula is C14H23ClN2O2. The Hall–Kier alpha value is -1.26. The highest BCUT2D eigenvalue weighted by Crippen LogP contribution is 2.20. The molecule has 1 aromatic carbocycles. The van der Waals surface area contributed by atoms with Crippen molar-refractivity contribution in [2.45, 2.75) is 26.3 Å². The van der Waals surface area contributed by atoms with E-state index in [1.54, 1.807) is 7.11 Å². The SMILES string of the molecule is CCC(NC(=O)C(C)CN)c1ccc(OC)cc1.Cl. The number of hydrogen-bond acceptors (Lipinski definition) is 3. The number of ether oxygens (including phenoxy) is 1. The fourth-order valence-corrected chi connectivity index (χ4v) is 1.68. The Morgan fingerprint density at radius 2 is 1.95 bits per heavy atom. The monoisotopic (exact) mass is 286 g/mol. The van der Waals surface area contributed by atoms with Crippen molar-refractivity contribution in [2.24, 2.45) is 11.7 Å². The Kier molecular flexibility index (Phi) is 8.19. The second-order valence-electron chi connectivity index (χ2n) is 4.38. The highest BCUT2D eigenvalue weighted by molar-refractivity contribution is 5.85. The van der Waals surface area contributed by atoms with Gasteiger partial charge in [0.25, 0.3) is 0 Å². The molecule has 0 saturated carbocycles. The highest BCUT2D eigenvalue weighted by atomic mass is 35.5. The second-order valence-corrected chi connectivity index (χ2v) is 4.38. The second kappa shape index (κ2) is 8.77. The molecule has 4 nitrogen and oxygen atoms in total. The highest BCUT2D eigenvalue weighted by Gasteiger charge is 2.16. The maximum absolute atomic E-state index is 11.8. The van der Waals surface area contributed by atoms with Gasteiger partial charge in [0, 0.05) is 12.5 Å². The molecule has 2 unspecified atom stereocenters. The largest absolute Gasteiger partial charge is 0.497 e. The number of hydrogen-bond donors (Lipinski definition) is 2. The van der Waals surface area contributed by atoms with Crippen molar-refractivity contribution in [3.05, 3.63) is 29.8 Å². The van der Waals surface area contributed by atoms with Crippen molar-refractivity contribution in [1.82, 2.24) is 5.32 Å². The summed E-state index contributed by atoms with van der Waals surface area (Å²) in [6, 6.07) is 7.77. The number of carbonyl (C=O) groups is 1. The Morgan fingerprint density at radius 1 is 1.37 bits per heavy atom. The summed E-state index contributed by atoms with van der Waals surface area (Å²) in [6.07, 6.45) is 0.843. The minimum Gasteiger partial charge on any atom is -0.497 e. The van der Waals surface area contributed by atoms with Crippen LogP contribution in [0.3, 0.4) is 0 Å². The summed E-state index contributed by atoms with van der Waals surface area (Å²) < 4.78 is 5.12. The smallest absolute Gasteiger partial charge is 0.224 e. The predicted molar refractivity (Wildman–Crippen MR) is 79.6 cm³/mol. The minimum atomic E-state index is -0.155. The van der Waals surface area contributed by atoms with Gasteiger partial charge in [0.1, 0.15) is 5.75 Å². The van der Waals surface area contributed by atoms with E-state index in [0.29, 0.717) is 6.54 Å². The number of amides is 1. The fraction of sp³-hybridized carbons (Fsp3) is 0.500. The van der Waals surface area contributed by atoms with E-state index >= 15 is 0 Å². The number of halogens is 1. The number of methoxy groups -OCH3 is 1. The molecule has 0 bridgehead atoms.